The molecule has 0 bridgehead atoms. The van der Waals surface area contributed by atoms with Gasteiger partial charge in [-0.05, 0) is 6.92 Å². The van der Waals surface area contributed by atoms with Gasteiger partial charge in [0.05, 0.1) is 13.2 Å². The third-order valence-corrected chi connectivity index (χ3v) is 3.30. The number of nitrogens with two attached hydrogens (primary N) is 1. The van der Waals surface area contributed by atoms with E-state index in [1.165, 1.54) is 25.2 Å². The first-order valence-corrected chi connectivity index (χ1v) is 5.43. The van der Waals surface area contributed by atoms with E-state index in [0.29, 0.717) is 16.6 Å². The zero-order chi connectivity index (χ0) is 11.4. The van der Waals surface area contributed by atoms with Gasteiger partial charge in [-0.25, -0.2) is 4.98 Å². The summed E-state index contributed by atoms with van der Waals surface area (Å²) in [6, 6.07) is 0. The quantitative estimate of drug-likeness (QED) is 0.590. The van der Waals surface area contributed by atoms with Crippen molar-refractivity contribution in [3.05, 3.63) is 6.33 Å². The van der Waals surface area contributed by atoms with Crippen LogP contribution in [0.5, 0.6) is 5.88 Å². The second-order valence-corrected chi connectivity index (χ2v) is 4.53. The molecule has 0 spiro atoms. The van der Waals surface area contributed by atoms with E-state index in [-0.39, 0.29) is 5.25 Å². The normalized spacial score (nSPS) is 14.7. The lowest BCUT2D eigenvalue weighted by molar-refractivity contribution is 0.196. The molecule has 3 N–H and O–H groups in total. The zero-order valence-corrected chi connectivity index (χ0v) is 9.78. The molecular formula is C9H15N3O2S. The number of ether oxygens (including phenoxy) is 1. The molecule has 0 aliphatic carbocycles. The third kappa shape index (κ3) is 2.97. The second kappa shape index (κ2) is 5.18. The van der Waals surface area contributed by atoms with Gasteiger partial charge in [-0.15, -0.1) is 0 Å². The van der Waals surface area contributed by atoms with Gasteiger partial charge in [-0.1, -0.05) is 18.7 Å². The fourth-order valence-corrected chi connectivity index (χ4v) is 1.77. The highest BCUT2D eigenvalue weighted by Crippen LogP contribution is 2.31. The highest BCUT2D eigenvalue weighted by molar-refractivity contribution is 8.00. The number of aliphatic hydroxyl groups excluding tert-OH is 1. The maximum Gasteiger partial charge on any atom is 0.241 e. The minimum absolute atomic E-state index is 0.0203. The Bertz CT molecular complexity index is 333. The fraction of sp³-hybridized carbons (Fsp3) is 0.556. The third-order valence-electron chi connectivity index (χ3n) is 1.98. The molecule has 0 fully saturated rings. The van der Waals surface area contributed by atoms with Gasteiger partial charge >= 0.3 is 0 Å². The molecular weight excluding hydrogens is 214 g/mol. The molecule has 2 unspecified atom stereocenters. The number of hydrogen-bond acceptors (Lipinski definition) is 6. The Labute approximate surface area is 93.1 Å². The first-order chi connectivity index (χ1) is 7.06. The molecule has 0 saturated carbocycles. The molecule has 0 saturated heterocycles. The van der Waals surface area contributed by atoms with Crippen molar-refractivity contribution in [2.45, 2.75) is 30.2 Å². The van der Waals surface area contributed by atoms with Crippen LogP contribution in [0.1, 0.15) is 13.8 Å². The Morgan fingerprint density at radius 1 is 1.47 bits per heavy atom. The number of thioether (sulfide) groups is 1. The molecule has 6 heteroatoms. The summed E-state index contributed by atoms with van der Waals surface area (Å²) < 4.78 is 4.98. The molecule has 0 aliphatic heterocycles. The summed E-state index contributed by atoms with van der Waals surface area (Å²) >= 11 is 1.40. The van der Waals surface area contributed by atoms with E-state index in [0.717, 1.165) is 0 Å². The lowest BCUT2D eigenvalue weighted by Gasteiger charge is -2.14. The zero-order valence-electron chi connectivity index (χ0n) is 8.97. The van der Waals surface area contributed by atoms with Gasteiger partial charge < -0.3 is 15.6 Å². The summed E-state index contributed by atoms with van der Waals surface area (Å²) in [5.41, 5.74) is 6.20. The molecule has 15 heavy (non-hydrogen) atoms. The summed E-state index contributed by atoms with van der Waals surface area (Å²) in [7, 11) is 1.51. The molecule has 2 atom stereocenters. The lowest BCUT2D eigenvalue weighted by Crippen LogP contribution is -2.15. The van der Waals surface area contributed by atoms with Gasteiger partial charge in [-0.3, -0.25) is 0 Å². The van der Waals surface area contributed by atoms with Crippen molar-refractivity contribution in [3.63, 3.8) is 0 Å². The van der Waals surface area contributed by atoms with Gasteiger partial charge in [0, 0.05) is 5.25 Å². The average Bonchev–Trinajstić information content (AvgIpc) is 2.21. The van der Waals surface area contributed by atoms with Crippen LogP contribution in [-0.4, -0.2) is 33.5 Å². The number of anilines is 1. The van der Waals surface area contributed by atoms with Crippen molar-refractivity contribution in [1.82, 2.24) is 9.97 Å². The van der Waals surface area contributed by atoms with Crippen molar-refractivity contribution in [2.24, 2.45) is 0 Å². The largest absolute Gasteiger partial charge is 0.479 e. The Morgan fingerprint density at radius 2 is 2.13 bits per heavy atom. The highest BCUT2D eigenvalue weighted by Gasteiger charge is 2.15. The van der Waals surface area contributed by atoms with Crippen LogP contribution < -0.4 is 10.5 Å². The highest BCUT2D eigenvalue weighted by atomic mass is 32.2. The van der Waals surface area contributed by atoms with Crippen LogP contribution in [0.3, 0.4) is 0 Å². The van der Waals surface area contributed by atoms with Gasteiger partial charge in [0.2, 0.25) is 5.88 Å². The molecule has 0 amide bonds. The Balaban J connectivity index is 2.86. The molecule has 0 aliphatic rings. The van der Waals surface area contributed by atoms with E-state index in [1.54, 1.807) is 6.92 Å². The van der Waals surface area contributed by atoms with Crippen molar-refractivity contribution < 1.29 is 9.84 Å². The second-order valence-electron chi connectivity index (χ2n) is 3.17. The smallest absolute Gasteiger partial charge is 0.241 e. The maximum atomic E-state index is 9.36. The number of nitrogens with zero attached hydrogens (tertiary/aromatic N) is 2. The van der Waals surface area contributed by atoms with Gasteiger partial charge in [0.25, 0.3) is 0 Å². The van der Waals surface area contributed by atoms with Crippen LogP contribution in [0.2, 0.25) is 0 Å². The summed E-state index contributed by atoms with van der Waals surface area (Å²) in [6.45, 7) is 3.63. The molecule has 0 aromatic carbocycles. The molecule has 1 rings (SSSR count). The van der Waals surface area contributed by atoms with E-state index in [2.05, 4.69) is 9.97 Å². The van der Waals surface area contributed by atoms with Gasteiger partial charge in [0.1, 0.15) is 17.0 Å². The van der Waals surface area contributed by atoms with Crippen LogP contribution in [0.25, 0.3) is 0 Å². The number of aliphatic hydroxyl groups is 1. The van der Waals surface area contributed by atoms with Gasteiger partial charge in [0.15, 0.2) is 0 Å². The minimum Gasteiger partial charge on any atom is -0.479 e. The van der Waals surface area contributed by atoms with Crippen LogP contribution in [0.15, 0.2) is 11.4 Å². The van der Waals surface area contributed by atoms with Crippen molar-refractivity contribution in [1.29, 1.82) is 0 Å². The van der Waals surface area contributed by atoms with E-state index >= 15 is 0 Å². The number of aromatic nitrogens is 2. The van der Waals surface area contributed by atoms with Crippen LogP contribution in [0, 0.1) is 0 Å². The predicted octanol–water partition coefficient (Wildman–Crippen LogP) is 0.929. The summed E-state index contributed by atoms with van der Waals surface area (Å²) in [4.78, 5) is 7.92. The molecule has 1 aromatic rings. The van der Waals surface area contributed by atoms with E-state index in [1.807, 2.05) is 6.92 Å². The maximum absolute atomic E-state index is 9.36. The van der Waals surface area contributed by atoms with Gasteiger partial charge in [-0.2, -0.15) is 4.98 Å². The SMILES string of the molecule is COc1ncnc(SC(C)C(C)O)c1N. The molecule has 1 heterocycles. The van der Waals surface area contributed by atoms with Crippen molar-refractivity contribution in [2.75, 3.05) is 12.8 Å². The molecule has 0 radical (unpaired) electrons. The van der Waals surface area contributed by atoms with E-state index in [9.17, 15) is 5.11 Å². The summed E-state index contributed by atoms with van der Waals surface area (Å²) in [5, 5.41) is 10.0. The monoisotopic (exact) mass is 229 g/mol. The van der Waals surface area contributed by atoms with E-state index < -0.39 is 6.10 Å². The van der Waals surface area contributed by atoms with Crippen molar-refractivity contribution >= 4 is 17.4 Å². The predicted molar refractivity (Wildman–Crippen MR) is 60.0 cm³/mol. The Kier molecular flexibility index (Phi) is 4.16. The summed E-state index contributed by atoms with van der Waals surface area (Å²) in [5.74, 6) is 0.366. The summed E-state index contributed by atoms with van der Waals surface area (Å²) in [6.07, 6.45) is 0.974. The number of hydrogen-bond donors (Lipinski definition) is 2. The number of rotatable bonds is 4. The Morgan fingerprint density at radius 3 is 2.67 bits per heavy atom. The van der Waals surface area contributed by atoms with E-state index in [4.69, 9.17) is 10.5 Å². The lowest BCUT2D eigenvalue weighted by atomic mass is 10.3. The van der Waals surface area contributed by atoms with Crippen LogP contribution >= 0.6 is 11.8 Å². The molecule has 84 valence electrons. The standard InChI is InChI=1S/C9H15N3O2S/c1-5(13)6(2)15-9-7(10)8(14-3)11-4-12-9/h4-6,13H,10H2,1-3H3. The topological polar surface area (TPSA) is 81.3 Å². The first kappa shape index (κ1) is 12.1. The number of nitrogen functional groups attached to an aromatic ring is 1. The Hall–Kier alpha value is -1.01. The van der Waals surface area contributed by atoms with Crippen LogP contribution in [0.4, 0.5) is 5.69 Å². The first-order valence-electron chi connectivity index (χ1n) is 4.55. The van der Waals surface area contributed by atoms with Crippen molar-refractivity contribution in [3.8, 4) is 5.88 Å². The van der Waals surface area contributed by atoms with Crippen LogP contribution in [-0.2, 0) is 0 Å². The average molecular weight is 229 g/mol. The fourth-order valence-electron chi connectivity index (χ4n) is 0.895. The minimum atomic E-state index is -0.421. The molecule has 5 nitrogen and oxygen atoms in total. The molecule has 1 aromatic heterocycles. The number of methoxy groups -OCH3 is 1.